The molecule has 6 nitrogen and oxygen atoms in total. The van der Waals surface area contributed by atoms with Gasteiger partial charge in [0.05, 0.1) is 42.6 Å². The smallest absolute Gasteiger partial charge is 0.338 e. The van der Waals surface area contributed by atoms with Crippen molar-refractivity contribution < 1.29 is 14.3 Å². The van der Waals surface area contributed by atoms with Crippen LogP contribution in [-0.4, -0.2) is 17.6 Å². The fourth-order valence-electron chi connectivity index (χ4n) is 4.58. The van der Waals surface area contributed by atoms with E-state index < -0.39 is 12.0 Å². The Morgan fingerprint density at radius 2 is 1.85 bits per heavy atom. The lowest BCUT2D eigenvalue weighted by molar-refractivity contribution is -0.136. The minimum atomic E-state index is -0.654. The van der Waals surface area contributed by atoms with Crippen molar-refractivity contribution in [3.8, 4) is 5.75 Å². The molecule has 0 spiro atoms. The van der Waals surface area contributed by atoms with E-state index in [0.717, 1.165) is 23.8 Å². The topological polar surface area (TPSA) is 69.9 Å². The number of hydrogen-bond acceptors (Lipinski definition) is 6. The van der Waals surface area contributed by atoms with Gasteiger partial charge in [0.25, 0.3) is 5.56 Å². The Kier molecular flexibility index (Phi) is 9.59. The average Bonchev–Trinajstić information content (AvgIpc) is 3.27. The molecule has 41 heavy (non-hydrogen) atoms. The van der Waals surface area contributed by atoms with Crippen LogP contribution < -0.4 is 19.6 Å². The van der Waals surface area contributed by atoms with Crippen LogP contribution in [-0.2, 0) is 16.1 Å². The molecule has 0 saturated carbocycles. The quantitative estimate of drug-likeness (QED) is 0.150. The summed E-state index contributed by atoms with van der Waals surface area (Å²) in [5.74, 6) is 0.144. The summed E-state index contributed by atoms with van der Waals surface area (Å²) in [7, 11) is 1.34. The average molecular weight is 831 g/mol. The number of nitrogens with zero attached hydrogens (tertiary/aromatic N) is 2. The highest BCUT2D eigenvalue weighted by atomic mass is 127. The van der Waals surface area contributed by atoms with Gasteiger partial charge in [-0.25, -0.2) is 9.79 Å². The fourth-order valence-corrected chi connectivity index (χ4v) is 7.96. The molecular formula is C30H22Cl2I2N2O4S. The summed E-state index contributed by atoms with van der Waals surface area (Å²) in [5.41, 5.74) is 3.15. The van der Waals surface area contributed by atoms with E-state index in [1.54, 1.807) is 16.7 Å². The van der Waals surface area contributed by atoms with Gasteiger partial charge in [0.2, 0.25) is 0 Å². The molecule has 1 aromatic heterocycles. The second-order valence-electron chi connectivity index (χ2n) is 9.04. The Bertz CT molecular complexity index is 1870. The van der Waals surface area contributed by atoms with Crippen molar-refractivity contribution in [2.75, 3.05) is 7.11 Å². The van der Waals surface area contributed by atoms with Crippen molar-refractivity contribution >= 4 is 91.8 Å². The number of ether oxygens (including phenoxy) is 2. The first-order chi connectivity index (χ1) is 19.7. The third-order valence-electron chi connectivity index (χ3n) is 6.46. The predicted octanol–water partition coefficient (Wildman–Crippen LogP) is 6.89. The van der Waals surface area contributed by atoms with Crippen LogP contribution in [0.4, 0.5) is 0 Å². The maximum atomic E-state index is 14.0. The van der Waals surface area contributed by atoms with Crippen LogP contribution in [0, 0.1) is 7.14 Å². The molecule has 0 saturated heterocycles. The SMILES string of the molecule is CCC1=C(C(=O)OC)[C@@H](c2ccccc2)n2c(s/c(=C/c3cc(I)cc(I)c3OCc3ccc(Cl)c(Cl)c3)c2=O)=N1. The van der Waals surface area contributed by atoms with Crippen molar-refractivity contribution in [3.05, 3.63) is 125 Å². The Morgan fingerprint density at radius 1 is 1.10 bits per heavy atom. The number of benzene rings is 3. The molecule has 1 aliphatic heterocycles. The minimum absolute atomic E-state index is 0.247. The molecule has 5 rings (SSSR count). The second kappa shape index (κ2) is 13.0. The van der Waals surface area contributed by atoms with Gasteiger partial charge in [0.15, 0.2) is 4.80 Å². The molecule has 0 unspecified atom stereocenters. The molecule has 210 valence electrons. The summed E-state index contributed by atoms with van der Waals surface area (Å²) in [6.07, 6.45) is 2.34. The van der Waals surface area contributed by atoms with Gasteiger partial charge in [-0.2, -0.15) is 0 Å². The van der Waals surface area contributed by atoms with Crippen LogP contribution in [0.2, 0.25) is 10.0 Å². The third-order valence-corrected chi connectivity index (χ3v) is 9.60. The summed E-state index contributed by atoms with van der Waals surface area (Å²) < 4.78 is 15.4. The van der Waals surface area contributed by atoms with Gasteiger partial charge in [-0.3, -0.25) is 9.36 Å². The Hall–Kier alpha value is -2.19. The first kappa shape index (κ1) is 30.3. The molecule has 0 radical (unpaired) electrons. The van der Waals surface area contributed by atoms with Gasteiger partial charge in [0.1, 0.15) is 12.4 Å². The molecule has 11 heteroatoms. The van der Waals surface area contributed by atoms with E-state index in [1.165, 1.54) is 18.4 Å². The highest BCUT2D eigenvalue weighted by Gasteiger charge is 2.33. The molecular weight excluding hydrogens is 809 g/mol. The zero-order chi connectivity index (χ0) is 29.3. The normalized spacial score (nSPS) is 15.0. The van der Waals surface area contributed by atoms with E-state index in [-0.39, 0.29) is 12.2 Å². The van der Waals surface area contributed by atoms with Gasteiger partial charge >= 0.3 is 5.97 Å². The number of esters is 1. The lowest BCUT2D eigenvalue weighted by Crippen LogP contribution is -2.40. The van der Waals surface area contributed by atoms with E-state index in [2.05, 4.69) is 45.2 Å². The Morgan fingerprint density at radius 3 is 2.54 bits per heavy atom. The molecule has 0 bridgehead atoms. The summed E-state index contributed by atoms with van der Waals surface area (Å²) in [6.45, 7) is 2.20. The molecule has 1 aliphatic rings. The fraction of sp³-hybridized carbons (Fsp3) is 0.167. The maximum absolute atomic E-state index is 14.0. The molecule has 0 fully saturated rings. The number of carbonyl (C=O) groups excluding carboxylic acids is 1. The molecule has 4 aromatic rings. The number of halogens is 4. The molecule has 2 heterocycles. The highest BCUT2D eigenvalue weighted by molar-refractivity contribution is 14.1. The number of fused-ring (bicyclic) bond motifs is 1. The number of aromatic nitrogens is 1. The van der Waals surface area contributed by atoms with E-state index in [1.807, 2.05) is 61.5 Å². The number of hydrogen-bond donors (Lipinski definition) is 0. The first-order valence-electron chi connectivity index (χ1n) is 12.5. The Labute approximate surface area is 277 Å². The van der Waals surface area contributed by atoms with Crippen molar-refractivity contribution in [3.63, 3.8) is 0 Å². The van der Waals surface area contributed by atoms with Gasteiger partial charge in [-0.15, -0.1) is 0 Å². The molecule has 3 aromatic carbocycles. The molecule has 0 aliphatic carbocycles. The summed E-state index contributed by atoms with van der Waals surface area (Å²) >= 11 is 18.0. The number of rotatable bonds is 7. The minimum Gasteiger partial charge on any atom is -0.487 e. The lowest BCUT2D eigenvalue weighted by atomic mass is 9.95. The standard InChI is InChI=1S/C30H22Cl2I2N2O4S/c1-3-23-25(29(38)39-2)26(17-7-5-4-6-8-17)36-28(37)24(41-30(36)35-23)13-18-12-19(33)14-22(34)27(18)40-15-16-9-10-20(31)21(32)11-16/h4-14,26H,3,15H2,1-2H3/b24-13+/t26-/m1/s1. The highest BCUT2D eigenvalue weighted by Crippen LogP contribution is 2.33. The van der Waals surface area contributed by atoms with Crippen molar-refractivity contribution in [1.82, 2.24) is 4.57 Å². The lowest BCUT2D eigenvalue weighted by Gasteiger charge is -2.25. The van der Waals surface area contributed by atoms with Crippen molar-refractivity contribution in [1.29, 1.82) is 0 Å². The van der Waals surface area contributed by atoms with E-state index in [9.17, 15) is 9.59 Å². The first-order valence-corrected chi connectivity index (χ1v) is 16.2. The molecule has 0 amide bonds. The third kappa shape index (κ3) is 6.29. The van der Waals surface area contributed by atoms with Crippen molar-refractivity contribution in [2.45, 2.75) is 26.0 Å². The maximum Gasteiger partial charge on any atom is 0.338 e. The molecule has 1 atom stereocenters. The summed E-state index contributed by atoms with van der Waals surface area (Å²) in [5, 5.41) is 0.933. The second-order valence-corrected chi connectivity index (χ2v) is 13.3. The van der Waals surface area contributed by atoms with Crippen LogP contribution in [0.3, 0.4) is 0 Å². The van der Waals surface area contributed by atoms with Crippen LogP contribution in [0.1, 0.15) is 36.1 Å². The van der Waals surface area contributed by atoms with Crippen LogP contribution in [0.25, 0.3) is 6.08 Å². The molecule has 0 N–H and O–H groups in total. The van der Waals surface area contributed by atoms with Crippen LogP contribution in [0.5, 0.6) is 5.75 Å². The predicted molar refractivity (Wildman–Crippen MR) is 180 cm³/mol. The Balaban J connectivity index is 1.65. The van der Waals surface area contributed by atoms with Crippen LogP contribution in [0.15, 0.2) is 81.7 Å². The monoisotopic (exact) mass is 830 g/mol. The van der Waals surface area contributed by atoms with Gasteiger partial charge in [-0.05, 0) is 93.1 Å². The van der Waals surface area contributed by atoms with Crippen molar-refractivity contribution in [2.24, 2.45) is 4.99 Å². The van der Waals surface area contributed by atoms with E-state index in [0.29, 0.717) is 42.8 Å². The van der Waals surface area contributed by atoms with Gasteiger partial charge < -0.3 is 9.47 Å². The van der Waals surface area contributed by atoms with E-state index in [4.69, 9.17) is 37.7 Å². The van der Waals surface area contributed by atoms with Gasteiger partial charge in [0, 0.05) is 9.13 Å². The number of allylic oxidation sites excluding steroid dienone is 1. The number of methoxy groups -OCH3 is 1. The van der Waals surface area contributed by atoms with Gasteiger partial charge in [-0.1, -0.05) is 77.9 Å². The summed E-state index contributed by atoms with van der Waals surface area (Å²) in [6, 6.07) is 18.2. The zero-order valence-electron chi connectivity index (χ0n) is 21.8. The van der Waals surface area contributed by atoms with E-state index >= 15 is 0 Å². The van der Waals surface area contributed by atoms with Crippen LogP contribution >= 0.6 is 79.7 Å². The largest absolute Gasteiger partial charge is 0.487 e. The number of thiazole rings is 1. The zero-order valence-corrected chi connectivity index (χ0v) is 28.4. The summed E-state index contributed by atoms with van der Waals surface area (Å²) in [4.78, 5) is 32.3. The number of carbonyl (C=O) groups is 1.